The van der Waals surface area contributed by atoms with Crippen LogP contribution >= 0.6 is 0 Å². The van der Waals surface area contributed by atoms with E-state index in [0.29, 0.717) is 0 Å². The first-order valence-corrected chi connectivity index (χ1v) is 6.61. The van der Waals surface area contributed by atoms with Gasteiger partial charge in [0.1, 0.15) is 0 Å². The van der Waals surface area contributed by atoms with Gasteiger partial charge in [0.05, 0.1) is 0 Å². The van der Waals surface area contributed by atoms with Crippen molar-refractivity contribution in [1.29, 1.82) is 0 Å². The molecule has 0 aliphatic heterocycles. The summed E-state index contributed by atoms with van der Waals surface area (Å²) in [4.78, 5) is 0. The van der Waals surface area contributed by atoms with Gasteiger partial charge in [0.15, 0.2) is 0 Å². The molecule has 0 N–H and O–H groups in total. The van der Waals surface area contributed by atoms with Gasteiger partial charge in [-0.15, -0.1) is 0 Å². The van der Waals surface area contributed by atoms with Gasteiger partial charge < -0.3 is 0 Å². The summed E-state index contributed by atoms with van der Waals surface area (Å²) in [6.07, 6.45) is 0. The van der Waals surface area contributed by atoms with Gasteiger partial charge in [-0.05, 0) is 0 Å². The van der Waals surface area contributed by atoms with Crippen LogP contribution in [0.15, 0.2) is 0 Å². The van der Waals surface area contributed by atoms with Gasteiger partial charge in [-0.25, -0.2) is 0 Å². The van der Waals surface area contributed by atoms with Crippen molar-refractivity contribution in [3.63, 3.8) is 0 Å². The van der Waals surface area contributed by atoms with Crippen molar-refractivity contribution < 1.29 is 39.5 Å². The molecule has 2 aromatic rings. The van der Waals surface area contributed by atoms with Crippen molar-refractivity contribution in [2.45, 2.75) is 5.92 Å². The van der Waals surface area contributed by atoms with E-state index in [9.17, 15) is 39.5 Å². The van der Waals surface area contributed by atoms with Gasteiger partial charge >= 0.3 is 130 Å². The second kappa shape index (κ2) is 4.69. The molecule has 0 aromatic heterocycles. The summed E-state index contributed by atoms with van der Waals surface area (Å²) in [7, 11) is 0. The fourth-order valence-corrected chi connectivity index (χ4v) is 3.21. The Labute approximate surface area is 130 Å². The second-order valence-electron chi connectivity index (χ2n) is 4.62. The van der Waals surface area contributed by atoms with Gasteiger partial charge in [0.25, 0.3) is 0 Å². The minimum absolute atomic E-state index is 1.16. The Morgan fingerprint density at radius 1 is 0.522 bits per heavy atom. The molecule has 0 heterocycles. The van der Waals surface area contributed by atoms with E-state index in [0.717, 1.165) is 16.9 Å². The number of hydrogen-bond acceptors (Lipinski definition) is 0. The van der Waals surface area contributed by atoms with E-state index in [1.807, 2.05) is 0 Å². The molecule has 2 aromatic carbocycles. The number of rotatable bonds is 0. The summed E-state index contributed by atoms with van der Waals surface area (Å²) >= 11 is 1.16. The molecule has 0 fully saturated rings. The maximum atomic E-state index is 14.3. The molecule has 0 spiro atoms. The predicted octanol–water partition coefficient (Wildman–Crippen LogP) is 3.57. The molecule has 0 unspecified atom stereocenters. The summed E-state index contributed by atoms with van der Waals surface area (Å²) in [5, 5.41) is 0. The van der Waals surface area contributed by atoms with E-state index in [1.54, 1.807) is 0 Å². The molecule has 23 heavy (non-hydrogen) atoms. The molecule has 1 aliphatic carbocycles. The van der Waals surface area contributed by atoms with Gasteiger partial charge in [-0.3, -0.25) is 0 Å². The molecule has 0 saturated heterocycles. The quantitative estimate of drug-likeness (QED) is 0.274. The standard InChI is InChI=1S/C13AsF9/c14-5-3-1(6(15)10(19)9(5)18)2-4(13(3,22)23)8(17)12(21)11(20)7(2)16. The Kier molecular flexibility index (Phi) is 3.31. The van der Waals surface area contributed by atoms with Crippen LogP contribution in [0.1, 0.15) is 11.1 Å². The first-order valence-electron chi connectivity index (χ1n) is 5.67. The van der Waals surface area contributed by atoms with Crippen molar-refractivity contribution in [1.82, 2.24) is 0 Å². The summed E-state index contributed by atoms with van der Waals surface area (Å²) in [5.41, 5.74) is -6.84. The molecule has 0 nitrogen and oxygen atoms in total. The molecule has 0 saturated carbocycles. The van der Waals surface area contributed by atoms with Crippen LogP contribution in [0.25, 0.3) is 11.1 Å². The Bertz CT molecular complexity index is 817. The van der Waals surface area contributed by atoms with Crippen LogP contribution in [0.2, 0.25) is 0 Å². The van der Waals surface area contributed by atoms with Gasteiger partial charge in [-0.1, -0.05) is 0 Å². The molecule has 2 radical (unpaired) electrons. The van der Waals surface area contributed by atoms with Gasteiger partial charge in [0, 0.05) is 0 Å². The number of alkyl halides is 2. The maximum absolute atomic E-state index is 14.3. The fourth-order valence-electron chi connectivity index (χ4n) is 2.47. The first-order chi connectivity index (χ1) is 10.5. The average Bonchev–Trinajstić information content (AvgIpc) is 2.74. The number of hydrogen-bond donors (Lipinski definition) is 0. The molecule has 1 aliphatic rings. The topological polar surface area (TPSA) is 0 Å². The number of halogens is 9. The van der Waals surface area contributed by atoms with Crippen LogP contribution < -0.4 is 4.35 Å². The molecule has 10 heteroatoms. The molecule has 0 amide bonds. The number of fused-ring (bicyclic) bond motifs is 3. The molecule has 0 bridgehead atoms. The van der Waals surface area contributed by atoms with Crippen LogP contribution in [0.4, 0.5) is 39.5 Å². The van der Waals surface area contributed by atoms with Crippen LogP contribution in [0, 0.1) is 40.7 Å². The Balaban J connectivity index is 2.63. The van der Waals surface area contributed by atoms with Crippen LogP contribution in [-0.2, 0) is 5.92 Å². The van der Waals surface area contributed by atoms with Crippen LogP contribution in [0.3, 0.4) is 0 Å². The summed E-state index contributed by atoms with van der Waals surface area (Å²) in [6, 6.07) is 0. The zero-order valence-electron chi connectivity index (χ0n) is 10.3. The average molecular weight is 402 g/mol. The molecule has 0 atom stereocenters. The van der Waals surface area contributed by atoms with E-state index in [2.05, 4.69) is 0 Å². The minimum atomic E-state index is -4.60. The molecular weight excluding hydrogens is 402 g/mol. The monoisotopic (exact) mass is 402 g/mol. The zero-order valence-corrected chi connectivity index (χ0v) is 12.2. The molecule has 120 valence electrons. The van der Waals surface area contributed by atoms with Crippen molar-refractivity contribution >= 4 is 21.2 Å². The van der Waals surface area contributed by atoms with Crippen molar-refractivity contribution in [3.05, 3.63) is 51.8 Å². The predicted molar refractivity (Wildman–Crippen MR) is 60.0 cm³/mol. The normalized spacial score (nSPS) is 14.9. The van der Waals surface area contributed by atoms with E-state index in [1.165, 1.54) is 0 Å². The summed E-state index contributed by atoms with van der Waals surface area (Å²) in [5.74, 6) is -20.9. The van der Waals surface area contributed by atoms with E-state index in [-0.39, 0.29) is 0 Å². The molecule has 3 rings (SSSR count). The number of benzene rings is 2. The van der Waals surface area contributed by atoms with Crippen molar-refractivity contribution in [3.8, 4) is 11.1 Å². The van der Waals surface area contributed by atoms with Crippen LogP contribution in [-0.4, -0.2) is 16.9 Å². The molecular formula is C13AsF9. The van der Waals surface area contributed by atoms with Crippen molar-refractivity contribution in [2.24, 2.45) is 0 Å². The Morgan fingerprint density at radius 3 is 1.43 bits per heavy atom. The van der Waals surface area contributed by atoms with Gasteiger partial charge in [0.2, 0.25) is 0 Å². The first kappa shape index (κ1) is 16.2. The van der Waals surface area contributed by atoms with Crippen LogP contribution in [0.5, 0.6) is 0 Å². The fraction of sp³-hybridized carbons (Fsp3) is 0.0769. The van der Waals surface area contributed by atoms with E-state index >= 15 is 0 Å². The zero-order chi connectivity index (χ0) is 17.4. The summed E-state index contributed by atoms with van der Waals surface area (Å²) in [6.45, 7) is 0. The van der Waals surface area contributed by atoms with E-state index < -0.39 is 73.2 Å². The summed E-state index contributed by atoms with van der Waals surface area (Å²) < 4.78 is 122. The van der Waals surface area contributed by atoms with Gasteiger partial charge in [-0.2, -0.15) is 0 Å². The second-order valence-corrected chi connectivity index (χ2v) is 5.56. The van der Waals surface area contributed by atoms with E-state index in [4.69, 9.17) is 0 Å². The Morgan fingerprint density at radius 2 is 0.913 bits per heavy atom. The third-order valence-corrected chi connectivity index (χ3v) is 4.33. The Hall–Kier alpha value is -1.63. The van der Waals surface area contributed by atoms with Crippen molar-refractivity contribution in [2.75, 3.05) is 0 Å². The SMILES string of the molecule is Fc1c(F)c(F)c2c(c1F)-c1c(F)c(F)c(F)c([As])c1C2(F)F. The third kappa shape index (κ3) is 1.77. The third-order valence-electron chi connectivity index (χ3n) is 3.44.